The lowest BCUT2D eigenvalue weighted by Gasteiger charge is -2.06. The van der Waals surface area contributed by atoms with Crippen LogP contribution in [0.4, 0.5) is 0 Å². The maximum atomic E-state index is 11.8. The largest absolute Gasteiger partial charge is 0.478 e. The molecule has 0 bridgehead atoms. The van der Waals surface area contributed by atoms with Crippen molar-refractivity contribution in [3.8, 4) is 0 Å². The van der Waals surface area contributed by atoms with Crippen LogP contribution in [-0.4, -0.2) is 23.5 Å². The first-order valence-electron chi connectivity index (χ1n) is 6.78. The minimum Gasteiger partial charge on any atom is -0.478 e. The fourth-order valence-electron chi connectivity index (χ4n) is 2.05. The number of aromatic carboxylic acids is 1. The molecule has 0 radical (unpaired) electrons. The highest BCUT2D eigenvalue weighted by molar-refractivity contribution is 5.87. The minimum atomic E-state index is -0.940. The van der Waals surface area contributed by atoms with Crippen LogP contribution < -0.4 is 5.32 Å². The van der Waals surface area contributed by atoms with E-state index in [1.165, 1.54) is 0 Å². The van der Waals surface area contributed by atoms with Gasteiger partial charge in [0.15, 0.2) is 0 Å². The van der Waals surface area contributed by atoms with Crippen LogP contribution in [0.25, 0.3) is 0 Å². The van der Waals surface area contributed by atoms with Crippen molar-refractivity contribution in [3.05, 3.63) is 71.3 Å². The highest BCUT2D eigenvalue weighted by Gasteiger charge is 2.05. The Labute approximate surface area is 123 Å². The second-order valence-electron chi connectivity index (χ2n) is 4.77. The Morgan fingerprint density at radius 2 is 1.67 bits per heavy atom. The Kier molecular flexibility index (Phi) is 5.10. The fraction of sp³-hybridized carbons (Fsp3) is 0.176. The minimum absolute atomic E-state index is 0.0319. The van der Waals surface area contributed by atoms with E-state index in [9.17, 15) is 9.59 Å². The van der Waals surface area contributed by atoms with Crippen molar-refractivity contribution >= 4 is 11.9 Å². The van der Waals surface area contributed by atoms with Crippen LogP contribution in [0.1, 0.15) is 21.5 Å². The Hall–Kier alpha value is -2.62. The molecule has 0 spiro atoms. The summed E-state index contributed by atoms with van der Waals surface area (Å²) in [6.45, 7) is 0.495. The van der Waals surface area contributed by atoms with Crippen LogP contribution in [0, 0.1) is 0 Å². The molecule has 2 aromatic carbocycles. The summed E-state index contributed by atoms with van der Waals surface area (Å²) in [5.74, 6) is -0.972. The van der Waals surface area contributed by atoms with Crippen LogP contribution in [0.15, 0.2) is 54.6 Å². The standard InChI is InChI=1S/C17H17NO3/c19-16(12-13-5-2-1-3-6-13)18-10-9-14-7-4-8-15(11-14)17(20)21/h1-8,11H,9-10,12H2,(H,18,19)(H,20,21). The number of carboxylic acids is 1. The van der Waals surface area contributed by atoms with E-state index in [2.05, 4.69) is 5.32 Å². The van der Waals surface area contributed by atoms with Gasteiger partial charge in [0.05, 0.1) is 12.0 Å². The molecule has 0 aliphatic heterocycles. The van der Waals surface area contributed by atoms with E-state index >= 15 is 0 Å². The summed E-state index contributed by atoms with van der Waals surface area (Å²) < 4.78 is 0. The summed E-state index contributed by atoms with van der Waals surface area (Å²) in [6.07, 6.45) is 0.970. The van der Waals surface area contributed by atoms with Gasteiger partial charge >= 0.3 is 5.97 Å². The summed E-state index contributed by atoms with van der Waals surface area (Å²) in [6, 6.07) is 16.3. The molecule has 0 unspecified atom stereocenters. The SMILES string of the molecule is O=C(Cc1ccccc1)NCCc1cccc(C(=O)O)c1. The first-order valence-corrected chi connectivity index (χ1v) is 6.78. The van der Waals surface area contributed by atoms with Crippen molar-refractivity contribution < 1.29 is 14.7 Å². The molecule has 0 aliphatic rings. The van der Waals surface area contributed by atoms with E-state index in [1.807, 2.05) is 36.4 Å². The van der Waals surface area contributed by atoms with Gasteiger partial charge in [-0.1, -0.05) is 42.5 Å². The normalized spacial score (nSPS) is 10.1. The molecule has 108 valence electrons. The Bertz CT molecular complexity index is 623. The van der Waals surface area contributed by atoms with Gasteiger partial charge in [0, 0.05) is 6.54 Å². The predicted molar refractivity (Wildman–Crippen MR) is 80.3 cm³/mol. The molecule has 2 N–H and O–H groups in total. The number of hydrogen-bond acceptors (Lipinski definition) is 2. The molecule has 2 rings (SSSR count). The van der Waals surface area contributed by atoms with Gasteiger partial charge in [0.25, 0.3) is 0 Å². The summed E-state index contributed by atoms with van der Waals surface area (Å²) in [5, 5.41) is 11.8. The number of rotatable bonds is 6. The number of carbonyl (C=O) groups excluding carboxylic acids is 1. The van der Waals surface area contributed by atoms with Gasteiger partial charge in [0.1, 0.15) is 0 Å². The summed E-state index contributed by atoms with van der Waals surface area (Å²) in [7, 11) is 0. The molecule has 1 amide bonds. The molecule has 0 aromatic heterocycles. The molecular weight excluding hydrogens is 266 g/mol. The van der Waals surface area contributed by atoms with Crippen LogP contribution in [0.2, 0.25) is 0 Å². The molecular formula is C17H17NO3. The average molecular weight is 283 g/mol. The zero-order valence-electron chi connectivity index (χ0n) is 11.6. The lowest BCUT2D eigenvalue weighted by molar-refractivity contribution is -0.120. The summed E-state index contributed by atoms with van der Waals surface area (Å²) >= 11 is 0. The maximum absolute atomic E-state index is 11.8. The smallest absolute Gasteiger partial charge is 0.335 e. The van der Waals surface area contributed by atoms with Crippen molar-refractivity contribution in [2.45, 2.75) is 12.8 Å². The lowest BCUT2D eigenvalue weighted by Crippen LogP contribution is -2.27. The number of nitrogens with one attached hydrogen (secondary N) is 1. The first-order chi connectivity index (χ1) is 10.1. The van der Waals surface area contributed by atoms with E-state index in [1.54, 1.807) is 18.2 Å². The molecule has 0 aliphatic carbocycles. The van der Waals surface area contributed by atoms with Crippen molar-refractivity contribution in [2.75, 3.05) is 6.54 Å². The van der Waals surface area contributed by atoms with Gasteiger partial charge in [-0.3, -0.25) is 4.79 Å². The molecule has 0 saturated heterocycles. The first kappa shape index (κ1) is 14.8. The molecule has 21 heavy (non-hydrogen) atoms. The quantitative estimate of drug-likeness (QED) is 0.854. The Morgan fingerprint density at radius 1 is 0.952 bits per heavy atom. The number of benzene rings is 2. The van der Waals surface area contributed by atoms with Crippen molar-refractivity contribution in [3.63, 3.8) is 0 Å². The Balaban J connectivity index is 1.80. The third kappa shape index (κ3) is 4.76. The summed E-state index contributed by atoms with van der Waals surface area (Å²) in [4.78, 5) is 22.6. The zero-order valence-corrected chi connectivity index (χ0v) is 11.6. The van der Waals surface area contributed by atoms with E-state index in [0.29, 0.717) is 19.4 Å². The molecule has 4 nitrogen and oxygen atoms in total. The fourth-order valence-corrected chi connectivity index (χ4v) is 2.05. The molecule has 0 fully saturated rings. The third-order valence-electron chi connectivity index (χ3n) is 3.12. The maximum Gasteiger partial charge on any atom is 0.335 e. The Morgan fingerprint density at radius 3 is 2.38 bits per heavy atom. The number of carbonyl (C=O) groups is 2. The average Bonchev–Trinajstić information content (AvgIpc) is 2.48. The molecule has 2 aromatic rings. The molecule has 0 saturated carbocycles. The van der Waals surface area contributed by atoms with Crippen LogP contribution >= 0.6 is 0 Å². The van der Waals surface area contributed by atoms with Crippen LogP contribution in [-0.2, 0) is 17.6 Å². The van der Waals surface area contributed by atoms with Gasteiger partial charge < -0.3 is 10.4 Å². The second-order valence-corrected chi connectivity index (χ2v) is 4.77. The van der Waals surface area contributed by atoms with Gasteiger partial charge in [0.2, 0.25) is 5.91 Å². The number of carboxylic acid groups (broad SMARTS) is 1. The summed E-state index contributed by atoms with van der Waals surface area (Å²) in [5.41, 5.74) is 2.14. The monoisotopic (exact) mass is 283 g/mol. The lowest BCUT2D eigenvalue weighted by atomic mass is 10.1. The molecule has 0 heterocycles. The van der Waals surface area contributed by atoms with Gasteiger partial charge in [-0.05, 0) is 29.7 Å². The second kappa shape index (κ2) is 7.24. The van der Waals surface area contributed by atoms with Gasteiger partial charge in [-0.15, -0.1) is 0 Å². The van der Waals surface area contributed by atoms with Crippen molar-refractivity contribution in [1.29, 1.82) is 0 Å². The predicted octanol–water partition coefficient (Wildman–Crippen LogP) is 2.29. The number of hydrogen-bond donors (Lipinski definition) is 2. The van der Waals surface area contributed by atoms with Crippen molar-refractivity contribution in [1.82, 2.24) is 5.32 Å². The van der Waals surface area contributed by atoms with E-state index in [-0.39, 0.29) is 11.5 Å². The van der Waals surface area contributed by atoms with Crippen LogP contribution in [0.3, 0.4) is 0 Å². The van der Waals surface area contributed by atoms with E-state index in [4.69, 9.17) is 5.11 Å². The van der Waals surface area contributed by atoms with Crippen LogP contribution in [0.5, 0.6) is 0 Å². The van der Waals surface area contributed by atoms with Gasteiger partial charge in [-0.25, -0.2) is 4.79 Å². The van der Waals surface area contributed by atoms with Gasteiger partial charge in [-0.2, -0.15) is 0 Å². The topological polar surface area (TPSA) is 66.4 Å². The molecule has 0 atom stereocenters. The molecule has 4 heteroatoms. The van der Waals surface area contributed by atoms with E-state index in [0.717, 1.165) is 11.1 Å². The van der Waals surface area contributed by atoms with Crippen molar-refractivity contribution in [2.24, 2.45) is 0 Å². The highest BCUT2D eigenvalue weighted by Crippen LogP contribution is 2.06. The zero-order chi connectivity index (χ0) is 15.1. The van der Waals surface area contributed by atoms with E-state index < -0.39 is 5.97 Å². The highest BCUT2D eigenvalue weighted by atomic mass is 16.4. The third-order valence-corrected chi connectivity index (χ3v) is 3.12. The number of amides is 1.